The molecule has 0 aliphatic carbocycles. The summed E-state index contributed by atoms with van der Waals surface area (Å²) < 4.78 is 32.8. The van der Waals surface area contributed by atoms with Gasteiger partial charge in [0.15, 0.2) is 0 Å². The van der Waals surface area contributed by atoms with Crippen LogP contribution >= 0.6 is 27.3 Å². The largest absolute Gasteiger partial charge is 0.497 e. The van der Waals surface area contributed by atoms with E-state index in [9.17, 15) is 8.42 Å². The molecule has 0 bridgehead atoms. The van der Waals surface area contributed by atoms with Crippen molar-refractivity contribution in [3.63, 3.8) is 0 Å². The Bertz CT molecular complexity index is 713. The molecule has 0 unspecified atom stereocenters. The number of methoxy groups -OCH3 is 1. The molecule has 1 aromatic heterocycles. The predicted octanol–water partition coefficient (Wildman–Crippen LogP) is 2.78. The van der Waals surface area contributed by atoms with Gasteiger partial charge in [-0.25, -0.2) is 8.42 Å². The number of halogens is 1. The summed E-state index contributed by atoms with van der Waals surface area (Å²) in [7, 11) is -2.11. The van der Waals surface area contributed by atoms with Crippen molar-refractivity contribution in [3.8, 4) is 5.75 Å². The molecule has 0 saturated heterocycles. The van der Waals surface area contributed by atoms with E-state index < -0.39 is 10.0 Å². The molecular weight excluding hydrogens is 364 g/mol. The third-order valence-corrected chi connectivity index (χ3v) is 5.70. The predicted molar refractivity (Wildman–Crippen MR) is 83.7 cm³/mol. The second kappa shape index (κ2) is 6.13. The van der Waals surface area contributed by atoms with Crippen LogP contribution in [0.3, 0.4) is 0 Å². The molecule has 3 N–H and O–H groups in total. The number of ether oxygens (including phenoxy) is 1. The van der Waals surface area contributed by atoms with Gasteiger partial charge in [-0.2, -0.15) is 0 Å². The van der Waals surface area contributed by atoms with Gasteiger partial charge < -0.3 is 10.5 Å². The van der Waals surface area contributed by atoms with Crippen molar-refractivity contribution in [2.45, 2.75) is 11.4 Å². The highest BCUT2D eigenvalue weighted by Gasteiger charge is 2.17. The maximum atomic E-state index is 12.3. The first-order valence-electron chi connectivity index (χ1n) is 5.60. The van der Waals surface area contributed by atoms with Crippen molar-refractivity contribution in [2.75, 3.05) is 11.8 Å². The van der Waals surface area contributed by atoms with Crippen molar-refractivity contribution in [3.05, 3.63) is 39.0 Å². The number of nitrogens with one attached hydrogen (secondary N) is 1. The second-order valence-electron chi connectivity index (χ2n) is 3.90. The lowest BCUT2D eigenvalue weighted by molar-refractivity contribution is 0.415. The van der Waals surface area contributed by atoms with Crippen molar-refractivity contribution >= 4 is 43.0 Å². The van der Waals surface area contributed by atoms with Crippen molar-refractivity contribution in [1.29, 1.82) is 0 Å². The molecular formula is C12H13BrN2O3S2. The Morgan fingerprint density at radius 2 is 2.15 bits per heavy atom. The fraction of sp³-hybridized carbons (Fsp3) is 0.167. The average Bonchev–Trinajstić information content (AvgIpc) is 2.91. The summed E-state index contributed by atoms with van der Waals surface area (Å²) in [6.45, 7) is 0.322. The molecule has 1 heterocycles. The normalized spacial score (nSPS) is 11.3. The maximum Gasteiger partial charge on any atom is 0.262 e. The molecule has 0 atom stereocenters. The quantitative estimate of drug-likeness (QED) is 0.840. The van der Waals surface area contributed by atoms with Crippen LogP contribution in [-0.2, 0) is 16.6 Å². The Balaban J connectivity index is 2.32. The van der Waals surface area contributed by atoms with E-state index >= 15 is 0 Å². The molecule has 0 fully saturated rings. The molecule has 0 radical (unpaired) electrons. The lowest BCUT2D eigenvalue weighted by atomic mass is 10.3. The second-order valence-corrected chi connectivity index (χ2v) is 7.44. The van der Waals surface area contributed by atoms with Crippen LogP contribution < -0.4 is 15.2 Å². The average molecular weight is 377 g/mol. The zero-order valence-electron chi connectivity index (χ0n) is 10.6. The summed E-state index contributed by atoms with van der Waals surface area (Å²) in [5.41, 5.74) is 5.91. The molecule has 0 aliphatic rings. The molecule has 1 aromatic carbocycles. The molecule has 5 nitrogen and oxygen atoms in total. The summed E-state index contributed by atoms with van der Waals surface area (Å²) in [6, 6.07) is 6.63. The van der Waals surface area contributed by atoms with Gasteiger partial charge in [0.2, 0.25) is 0 Å². The van der Waals surface area contributed by atoms with Crippen LogP contribution in [0, 0.1) is 0 Å². The summed E-state index contributed by atoms with van der Waals surface area (Å²) in [4.78, 5) is 1.02. The number of hydrogen-bond acceptors (Lipinski definition) is 5. The topological polar surface area (TPSA) is 81.4 Å². The van der Waals surface area contributed by atoms with E-state index in [4.69, 9.17) is 10.5 Å². The summed E-state index contributed by atoms with van der Waals surface area (Å²) in [5, 5.41) is 1.57. The zero-order valence-corrected chi connectivity index (χ0v) is 13.8. The molecule has 20 heavy (non-hydrogen) atoms. The summed E-state index contributed by atoms with van der Waals surface area (Å²) in [5.74, 6) is 0.568. The van der Waals surface area contributed by atoms with Gasteiger partial charge >= 0.3 is 0 Å². The van der Waals surface area contributed by atoms with Crippen LogP contribution in [0.15, 0.2) is 39.0 Å². The minimum atomic E-state index is -3.63. The minimum Gasteiger partial charge on any atom is -0.497 e. The first kappa shape index (κ1) is 15.3. The number of nitrogens with two attached hydrogens (primary N) is 1. The third kappa shape index (κ3) is 3.32. The van der Waals surface area contributed by atoms with Crippen LogP contribution in [0.1, 0.15) is 4.88 Å². The molecule has 8 heteroatoms. The van der Waals surface area contributed by atoms with Crippen molar-refractivity contribution in [1.82, 2.24) is 0 Å². The number of rotatable bonds is 5. The highest BCUT2D eigenvalue weighted by Crippen LogP contribution is 2.30. The summed E-state index contributed by atoms with van der Waals surface area (Å²) in [6.07, 6.45) is 0. The van der Waals surface area contributed by atoms with Gasteiger partial charge in [-0.1, -0.05) is 0 Å². The van der Waals surface area contributed by atoms with Gasteiger partial charge in [0, 0.05) is 27.3 Å². The molecule has 2 rings (SSSR count). The SMILES string of the molecule is COc1ccc(Br)c(NS(=O)(=O)c2csc(CN)c2)c1. The zero-order chi connectivity index (χ0) is 14.8. The van der Waals surface area contributed by atoms with E-state index in [0.717, 1.165) is 4.88 Å². The smallest absolute Gasteiger partial charge is 0.262 e. The summed E-state index contributed by atoms with van der Waals surface area (Å²) >= 11 is 4.62. The monoisotopic (exact) mass is 376 g/mol. The van der Waals surface area contributed by atoms with Gasteiger partial charge in [-0.05, 0) is 34.1 Å². The highest BCUT2D eigenvalue weighted by atomic mass is 79.9. The number of anilines is 1. The molecule has 108 valence electrons. The number of hydrogen-bond donors (Lipinski definition) is 2. The van der Waals surface area contributed by atoms with Crippen LogP contribution in [0.25, 0.3) is 0 Å². The van der Waals surface area contributed by atoms with E-state index in [1.54, 1.807) is 29.6 Å². The van der Waals surface area contributed by atoms with Crippen LogP contribution in [0.2, 0.25) is 0 Å². The van der Waals surface area contributed by atoms with Gasteiger partial charge in [0.05, 0.1) is 17.7 Å². The highest BCUT2D eigenvalue weighted by molar-refractivity contribution is 9.10. The Labute approximate surface area is 129 Å². The molecule has 0 saturated carbocycles. The van der Waals surface area contributed by atoms with Crippen molar-refractivity contribution < 1.29 is 13.2 Å². The standard InChI is InChI=1S/C12H13BrN2O3S2/c1-18-8-2-3-11(13)12(4-8)15-20(16,17)10-5-9(6-14)19-7-10/h2-5,7,15H,6,14H2,1H3. The minimum absolute atomic E-state index is 0.206. The Kier molecular flexibility index (Phi) is 4.69. The Morgan fingerprint density at radius 1 is 1.40 bits per heavy atom. The Hall–Kier alpha value is -1.09. The van der Waals surface area contributed by atoms with E-state index in [2.05, 4.69) is 20.7 Å². The van der Waals surface area contributed by atoms with Gasteiger partial charge in [0.1, 0.15) is 5.75 Å². The third-order valence-electron chi connectivity index (χ3n) is 2.56. The fourth-order valence-electron chi connectivity index (χ4n) is 1.52. The lowest BCUT2D eigenvalue weighted by Gasteiger charge is -2.10. The first-order valence-corrected chi connectivity index (χ1v) is 8.75. The van der Waals surface area contributed by atoms with E-state index in [-0.39, 0.29) is 4.90 Å². The van der Waals surface area contributed by atoms with E-state index in [0.29, 0.717) is 22.5 Å². The van der Waals surface area contributed by atoms with Crippen LogP contribution in [0.4, 0.5) is 5.69 Å². The van der Waals surface area contributed by atoms with E-state index in [1.165, 1.54) is 18.4 Å². The lowest BCUT2D eigenvalue weighted by Crippen LogP contribution is -2.12. The number of benzene rings is 1. The fourth-order valence-corrected chi connectivity index (χ4v) is 4.22. The Morgan fingerprint density at radius 3 is 2.75 bits per heavy atom. The van der Waals surface area contributed by atoms with E-state index in [1.807, 2.05) is 0 Å². The molecule has 2 aromatic rings. The van der Waals surface area contributed by atoms with Gasteiger partial charge in [0.25, 0.3) is 10.0 Å². The van der Waals surface area contributed by atoms with Crippen LogP contribution in [-0.4, -0.2) is 15.5 Å². The van der Waals surface area contributed by atoms with Crippen LogP contribution in [0.5, 0.6) is 5.75 Å². The number of thiophene rings is 1. The van der Waals surface area contributed by atoms with Crippen molar-refractivity contribution in [2.24, 2.45) is 5.73 Å². The van der Waals surface area contributed by atoms with Gasteiger partial charge in [-0.15, -0.1) is 11.3 Å². The maximum absolute atomic E-state index is 12.3. The molecule has 0 spiro atoms. The van der Waals surface area contributed by atoms with Gasteiger partial charge in [-0.3, -0.25) is 4.72 Å². The molecule has 0 aliphatic heterocycles. The number of sulfonamides is 1. The molecule has 0 amide bonds. The first-order chi connectivity index (χ1) is 9.46.